The van der Waals surface area contributed by atoms with Gasteiger partial charge in [0.2, 0.25) is 0 Å². The van der Waals surface area contributed by atoms with E-state index < -0.39 is 0 Å². The molecule has 0 aliphatic carbocycles. The predicted molar refractivity (Wildman–Crippen MR) is 98.4 cm³/mol. The largest absolute Gasteiger partial charge is 0.494 e. The third kappa shape index (κ3) is 3.45. The molecule has 1 unspecified atom stereocenters. The summed E-state index contributed by atoms with van der Waals surface area (Å²) in [5.74, 6) is 1.93. The minimum absolute atomic E-state index is 0.376. The number of rotatable bonds is 6. The number of benzene rings is 1. The Hall–Kier alpha value is -2.38. The van der Waals surface area contributed by atoms with Gasteiger partial charge in [-0.15, -0.1) is 5.10 Å². The van der Waals surface area contributed by atoms with Crippen LogP contribution in [0, 0.1) is 4.84 Å². The average molecular weight is 372 g/mol. The topological polar surface area (TPSA) is 57.8 Å². The van der Waals surface area contributed by atoms with E-state index in [1.165, 1.54) is 16.9 Å². The van der Waals surface area contributed by atoms with Gasteiger partial charge in [0, 0.05) is 18.4 Å². The molecule has 1 saturated heterocycles. The Kier molecular flexibility index (Phi) is 4.90. The highest BCUT2D eigenvalue weighted by Crippen LogP contribution is 2.22. The molecular formula is C19H22N3O3S+. The van der Waals surface area contributed by atoms with E-state index in [4.69, 9.17) is 25.8 Å². The zero-order valence-corrected chi connectivity index (χ0v) is 15.5. The van der Waals surface area contributed by atoms with E-state index in [0.717, 1.165) is 18.7 Å². The molecule has 1 aliphatic heterocycles. The van der Waals surface area contributed by atoms with E-state index in [0.29, 0.717) is 35.8 Å². The van der Waals surface area contributed by atoms with Gasteiger partial charge in [0.15, 0.2) is 12.4 Å². The quantitative estimate of drug-likeness (QED) is 0.673. The van der Waals surface area contributed by atoms with E-state index in [2.05, 4.69) is 17.2 Å². The van der Waals surface area contributed by atoms with Crippen molar-refractivity contribution < 1.29 is 18.5 Å². The number of likely N-dealkylation sites (tertiary alicyclic amines) is 1. The average Bonchev–Trinajstić information content (AvgIpc) is 3.38. The first-order valence-corrected chi connectivity index (χ1v) is 9.34. The summed E-state index contributed by atoms with van der Waals surface area (Å²) in [5.41, 5.74) is 1.32. The maximum atomic E-state index is 5.60. The van der Waals surface area contributed by atoms with E-state index in [9.17, 15) is 0 Å². The van der Waals surface area contributed by atoms with Gasteiger partial charge in [0.05, 0.1) is 19.4 Å². The highest BCUT2D eigenvalue weighted by molar-refractivity contribution is 7.71. The Balaban J connectivity index is 1.51. The molecule has 0 radical (unpaired) electrons. The highest BCUT2D eigenvalue weighted by Gasteiger charge is 2.31. The fourth-order valence-corrected chi connectivity index (χ4v) is 3.75. The standard InChI is InChI=1S/C19H21N3O3S/c1-2-23-15-9-7-14(8-10-15)16-5-3-11-21(16)13-22-19(26)25-18(20-22)17-6-4-12-24-17/h4,6-10,12,16H,2-3,5,11,13H2,1H3/p+1/t16-/m0/s1. The second-order valence-corrected chi connectivity index (χ2v) is 6.76. The molecule has 1 aliphatic rings. The summed E-state index contributed by atoms with van der Waals surface area (Å²) in [6, 6.07) is 12.5. The van der Waals surface area contributed by atoms with Crippen LogP contribution in [0.25, 0.3) is 11.7 Å². The van der Waals surface area contributed by atoms with Gasteiger partial charge < -0.3 is 18.5 Å². The number of nitrogens with one attached hydrogen (secondary N) is 1. The molecule has 7 heteroatoms. The lowest BCUT2D eigenvalue weighted by Crippen LogP contribution is -3.09. The first-order chi connectivity index (χ1) is 12.7. The first-order valence-electron chi connectivity index (χ1n) is 8.93. The predicted octanol–water partition coefficient (Wildman–Crippen LogP) is 3.24. The summed E-state index contributed by atoms with van der Waals surface area (Å²) >= 11 is 5.35. The van der Waals surface area contributed by atoms with Crippen molar-refractivity contribution in [2.45, 2.75) is 32.5 Å². The molecule has 2 atom stereocenters. The highest BCUT2D eigenvalue weighted by atomic mass is 32.1. The number of hydrogen-bond acceptors (Lipinski definition) is 5. The van der Waals surface area contributed by atoms with Crippen molar-refractivity contribution in [3.63, 3.8) is 0 Å². The lowest BCUT2D eigenvalue weighted by Gasteiger charge is -2.21. The first kappa shape index (κ1) is 17.1. The molecule has 26 heavy (non-hydrogen) atoms. The molecule has 4 rings (SSSR count). The second kappa shape index (κ2) is 7.47. The smallest absolute Gasteiger partial charge is 0.292 e. The summed E-state index contributed by atoms with van der Waals surface area (Å²) in [4.78, 5) is 1.81. The molecule has 1 fully saturated rings. The lowest BCUT2D eigenvalue weighted by molar-refractivity contribution is -0.941. The molecule has 1 N–H and O–H groups in total. The van der Waals surface area contributed by atoms with Crippen LogP contribution >= 0.6 is 12.2 Å². The van der Waals surface area contributed by atoms with Crippen LogP contribution < -0.4 is 9.64 Å². The van der Waals surface area contributed by atoms with Gasteiger partial charge in [-0.3, -0.25) is 0 Å². The maximum absolute atomic E-state index is 5.60. The van der Waals surface area contributed by atoms with Gasteiger partial charge >= 0.3 is 0 Å². The molecule has 0 amide bonds. The summed E-state index contributed by atoms with van der Waals surface area (Å²) in [6.45, 7) is 4.45. The summed E-state index contributed by atoms with van der Waals surface area (Å²) < 4.78 is 18.2. The summed E-state index contributed by atoms with van der Waals surface area (Å²) in [5, 5.41) is 4.49. The van der Waals surface area contributed by atoms with E-state index in [1.807, 2.05) is 25.1 Å². The SMILES string of the molecule is CCOc1ccc([C@@H]2CCC[NH+]2Cn2nc(-c3ccco3)oc2=S)cc1. The molecule has 0 bridgehead atoms. The second-order valence-electron chi connectivity index (χ2n) is 6.41. The van der Waals surface area contributed by atoms with Crippen molar-refractivity contribution in [3.05, 3.63) is 53.1 Å². The fourth-order valence-electron chi connectivity index (χ4n) is 3.56. The molecule has 3 heterocycles. The normalized spacial score (nSPS) is 19.7. The van der Waals surface area contributed by atoms with Crippen molar-refractivity contribution in [1.82, 2.24) is 9.78 Å². The monoisotopic (exact) mass is 372 g/mol. The zero-order valence-electron chi connectivity index (χ0n) is 14.7. The van der Waals surface area contributed by atoms with E-state index >= 15 is 0 Å². The molecule has 6 nitrogen and oxygen atoms in total. The van der Waals surface area contributed by atoms with Gasteiger partial charge in [0.1, 0.15) is 11.8 Å². The number of ether oxygens (including phenoxy) is 1. The van der Waals surface area contributed by atoms with Crippen LogP contribution in [0.3, 0.4) is 0 Å². The van der Waals surface area contributed by atoms with Crippen LogP contribution in [0.4, 0.5) is 0 Å². The summed E-state index contributed by atoms with van der Waals surface area (Å²) in [6.07, 6.45) is 3.93. The Morgan fingerprint density at radius 3 is 2.88 bits per heavy atom. The third-order valence-electron chi connectivity index (χ3n) is 4.77. The van der Waals surface area contributed by atoms with E-state index in [-0.39, 0.29) is 0 Å². The Bertz CT molecular complexity index is 899. The Labute approximate surface area is 157 Å². The van der Waals surface area contributed by atoms with Gasteiger partial charge in [-0.2, -0.15) is 4.68 Å². The van der Waals surface area contributed by atoms with Gasteiger partial charge in [-0.1, -0.05) is 0 Å². The molecule has 0 saturated carbocycles. The molecular weight excluding hydrogens is 350 g/mol. The molecule has 136 valence electrons. The number of nitrogens with zero attached hydrogens (tertiary/aromatic N) is 2. The zero-order chi connectivity index (χ0) is 17.9. The number of furan rings is 1. The van der Waals surface area contributed by atoms with Crippen LogP contribution in [0.15, 0.2) is 51.5 Å². The van der Waals surface area contributed by atoms with Crippen LogP contribution in [-0.4, -0.2) is 22.9 Å². The number of quaternary nitrogens is 1. The van der Waals surface area contributed by atoms with E-state index in [1.54, 1.807) is 17.0 Å². The van der Waals surface area contributed by atoms with Gasteiger partial charge in [-0.25, -0.2) is 0 Å². The minimum atomic E-state index is 0.376. The van der Waals surface area contributed by atoms with Crippen molar-refractivity contribution in [2.24, 2.45) is 0 Å². The molecule has 0 spiro atoms. The third-order valence-corrected chi connectivity index (χ3v) is 5.06. The summed E-state index contributed by atoms with van der Waals surface area (Å²) in [7, 11) is 0. The Morgan fingerprint density at radius 1 is 1.31 bits per heavy atom. The van der Waals surface area contributed by atoms with Gasteiger partial charge in [-0.05, 0) is 55.5 Å². The molecule has 2 aromatic heterocycles. The fraction of sp³-hybridized carbons (Fsp3) is 0.368. The Morgan fingerprint density at radius 2 is 2.15 bits per heavy atom. The van der Waals surface area contributed by atoms with Crippen molar-refractivity contribution in [3.8, 4) is 17.4 Å². The van der Waals surface area contributed by atoms with Crippen molar-refractivity contribution in [2.75, 3.05) is 13.2 Å². The number of aromatic nitrogens is 2. The molecule has 3 aromatic rings. The number of hydrogen-bond donors (Lipinski definition) is 1. The van der Waals surface area contributed by atoms with Crippen LogP contribution in [-0.2, 0) is 6.67 Å². The van der Waals surface area contributed by atoms with Crippen molar-refractivity contribution >= 4 is 12.2 Å². The lowest BCUT2D eigenvalue weighted by atomic mass is 10.0. The maximum Gasteiger partial charge on any atom is 0.292 e. The minimum Gasteiger partial charge on any atom is -0.494 e. The van der Waals surface area contributed by atoms with Gasteiger partial charge in [0.25, 0.3) is 10.7 Å². The van der Waals surface area contributed by atoms with Crippen LogP contribution in [0.5, 0.6) is 5.75 Å². The van der Waals surface area contributed by atoms with Crippen LogP contribution in [0.2, 0.25) is 0 Å². The van der Waals surface area contributed by atoms with Crippen LogP contribution in [0.1, 0.15) is 31.4 Å². The van der Waals surface area contributed by atoms with Crippen molar-refractivity contribution in [1.29, 1.82) is 0 Å². The molecule has 1 aromatic carbocycles.